The molecule has 0 bridgehead atoms. The van der Waals surface area contributed by atoms with E-state index in [0.29, 0.717) is 36.1 Å². The normalized spacial score (nSPS) is 10.9. The molecule has 1 amide bonds. The summed E-state index contributed by atoms with van der Waals surface area (Å²) in [6.45, 7) is 7.22. The molecule has 2 aromatic carbocycles. The van der Waals surface area contributed by atoms with E-state index in [2.05, 4.69) is 29.4 Å². The Hall–Kier alpha value is -2.93. The lowest BCUT2D eigenvalue weighted by molar-refractivity contribution is -0.116. The number of aromatic amines is 1. The number of nitrogens with zero attached hydrogens (tertiary/aromatic N) is 2. The van der Waals surface area contributed by atoms with Gasteiger partial charge in [0.2, 0.25) is 5.91 Å². The van der Waals surface area contributed by atoms with Crippen molar-refractivity contribution in [2.45, 2.75) is 39.7 Å². The number of benzene rings is 2. The molecule has 0 spiro atoms. The van der Waals surface area contributed by atoms with E-state index in [0.717, 1.165) is 22.6 Å². The summed E-state index contributed by atoms with van der Waals surface area (Å²) in [5.41, 5.74) is 2.89. The largest absolute Gasteiger partial charge is 0.494 e. The molecule has 152 valence electrons. The van der Waals surface area contributed by atoms with Gasteiger partial charge in [0.15, 0.2) is 10.6 Å². The lowest BCUT2D eigenvalue weighted by atomic mass is 10.0. The number of aromatic nitrogens is 3. The number of nitrogens with one attached hydrogen (secondary N) is 2. The lowest BCUT2D eigenvalue weighted by Crippen LogP contribution is -2.16. The number of hydrogen-bond acceptors (Lipinski definition) is 4. The predicted molar refractivity (Wildman–Crippen MR) is 118 cm³/mol. The maximum absolute atomic E-state index is 12.6. The zero-order chi connectivity index (χ0) is 20.8. The summed E-state index contributed by atoms with van der Waals surface area (Å²) in [7, 11) is 0. The van der Waals surface area contributed by atoms with Crippen molar-refractivity contribution in [3.05, 3.63) is 58.9 Å². The van der Waals surface area contributed by atoms with E-state index >= 15 is 0 Å². The third-order valence-electron chi connectivity index (χ3n) is 4.60. The van der Waals surface area contributed by atoms with Crippen LogP contribution in [0.5, 0.6) is 5.75 Å². The topological polar surface area (TPSA) is 71.9 Å². The monoisotopic (exact) mass is 410 g/mol. The Morgan fingerprint density at radius 2 is 1.93 bits per heavy atom. The molecule has 0 fully saturated rings. The fraction of sp³-hybridized carbons (Fsp3) is 0.318. The molecule has 1 heterocycles. The molecular formula is C22H26N4O2S. The molecule has 0 aliphatic heterocycles. The molecule has 3 aromatic rings. The summed E-state index contributed by atoms with van der Waals surface area (Å²) >= 11 is 5.37. The highest BCUT2D eigenvalue weighted by atomic mass is 32.1. The first kappa shape index (κ1) is 20.8. The van der Waals surface area contributed by atoms with Crippen LogP contribution in [0.3, 0.4) is 0 Å². The van der Waals surface area contributed by atoms with Crippen molar-refractivity contribution in [2.24, 2.45) is 0 Å². The van der Waals surface area contributed by atoms with Crippen LogP contribution in [0.4, 0.5) is 5.69 Å². The van der Waals surface area contributed by atoms with E-state index in [4.69, 9.17) is 17.0 Å². The third kappa shape index (κ3) is 5.12. The second-order valence-electron chi connectivity index (χ2n) is 7.00. The molecule has 0 aliphatic rings. The van der Waals surface area contributed by atoms with Gasteiger partial charge in [0, 0.05) is 24.2 Å². The zero-order valence-corrected chi connectivity index (χ0v) is 17.8. The summed E-state index contributed by atoms with van der Waals surface area (Å²) < 4.78 is 7.82. The first-order valence-electron chi connectivity index (χ1n) is 9.76. The average molecular weight is 411 g/mol. The van der Waals surface area contributed by atoms with Crippen molar-refractivity contribution in [3.8, 4) is 17.1 Å². The molecule has 6 nitrogen and oxygen atoms in total. The van der Waals surface area contributed by atoms with Gasteiger partial charge in [0.25, 0.3) is 0 Å². The Kier molecular flexibility index (Phi) is 6.82. The number of carbonyl (C=O) groups is 1. The van der Waals surface area contributed by atoms with Gasteiger partial charge in [-0.15, -0.1) is 0 Å². The lowest BCUT2D eigenvalue weighted by Gasteiger charge is -2.14. The Morgan fingerprint density at radius 1 is 1.21 bits per heavy atom. The van der Waals surface area contributed by atoms with Crippen molar-refractivity contribution < 1.29 is 9.53 Å². The molecule has 0 saturated heterocycles. The summed E-state index contributed by atoms with van der Waals surface area (Å²) in [5, 5.41) is 10.2. The van der Waals surface area contributed by atoms with Crippen LogP contribution in [0, 0.1) is 4.77 Å². The van der Waals surface area contributed by atoms with E-state index in [1.54, 1.807) is 0 Å². The van der Waals surface area contributed by atoms with Crippen LogP contribution in [0.2, 0.25) is 0 Å². The van der Waals surface area contributed by atoms with Gasteiger partial charge in [0.1, 0.15) is 5.75 Å². The van der Waals surface area contributed by atoms with Gasteiger partial charge in [-0.1, -0.05) is 32.0 Å². The second kappa shape index (κ2) is 9.52. The quantitative estimate of drug-likeness (QED) is 0.503. The Balaban J connectivity index is 1.71. The highest BCUT2D eigenvalue weighted by Gasteiger charge is 2.13. The minimum atomic E-state index is -0.0566. The van der Waals surface area contributed by atoms with Gasteiger partial charge in [-0.2, -0.15) is 5.10 Å². The van der Waals surface area contributed by atoms with Crippen LogP contribution in [-0.4, -0.2) is 27.3 Å². The van der Waals surface area contributed by atoms with Gasteiger partial charge >= 0.3 is 0 Å². The highest BCUT2D eigenvalue weighted by molar-refractivity contribution is 7.71. The molecule has 0 aliphatic carbocycles. The SMILES string of the molecule is CCOc1ccc(-c2n[nH]c(=S)n2CCC(=O)Nc2ccccc2C(C)C)cc1. The van der Waals surface area contributed by atoms with Gasteiger partial charge in [0.05, 0.1) is 6.61 Å². The summed E-state index contributed by atoms with van der Waals surface area (Å²) in [4.78, 5) is 12.6. The van der Waals surface area contributed by atoms with Crippen LogP contribution in [-0.2, 0) is 11.3 Å². The number of ether oxygens (including phenoxy) is 1. The van der Waals surface area contributed by atoms with Crippen LogP contribution in [0.25, 0.3) is 11.4 Å². The molecule has 2 N–H and O–H groups in total. The molecule has 0 saturated carbocycles. The molecule has 0 radical (unpaired) electrons. The minimum Gasteiger partial charge on any atom is -0.494 e. The Bertz CT molecular complexity index is 1020. The Morgan fingerprint density at radius 3 is 2.62 bits per heavy atom. The summed E-state index contributed by atoms with van der Waals surface area (Å²) in [5.74, 6) is 1.78. The number of carbonyl (C=O) groups excluding carboxylic acids is 1. The van der Waals surface area contributed by atoms with Gasteiger partial charge < -0.3 is 10.1 Å². The van der Waals surface area contributed by atoms with Crippen LogP contribution in [0.15, 0.2) is 48.5 Å². The van der Waals surface area contributed by atoms with Crippen LogP contribution < -0.4 is 10.1 Å². The standard InChI is InChI=1S/C22H26N4O2S/c1-4-28-17-11-9-16(10-12-17)21-24-25-22(29)26(21)14-13-20(27)23-19-8-6-5-7-18(19)15(2)3/h5-12,15H,4,13-14H2,1-3H3,(H,23,27)(H,25,29). The molecule has 7 heteroatoms. The second-order valence-corrected chi connectivity index (χ2v) is 7.39. The number of H-pyrrole nitrogens is 1. The van der Waals surface area contributed by atoms with Crippen LogP contribution >= 0.6 is 12.2 Å². The predicted octanol–water partition coefficient (Wildman–Crippen LogP) is 5.16. The van der Waals surface area contributed by atoms with Gasteiger partial charge in [-0.3, -0.25) is 14.5 Å². The van der Waals surface area contributed by atoms with Crippen molar-refractivity contribution in [1.82, 2.24) is 14.8 Å². The van der Waals surface area contributed by atoms with Gasteiger partial charge in [-0.25, -0.2) is 0 Å². The molecular weight excluding hydrogens is 384 g/mol. The molecule has 1 aromatic heterocycles. The maximum Gasteiger partial charge on any atom is 0.226 e. The first-order chi connectivity index (χ1) is 14.0. The van der Waals surface area contributed by atoms with Crippen molar-refractivity contribution in [1.29, 1.82) is 0 Å². The summed E-state index contributed by atoms with van der Waals surface area (Å²) in [6, 6.07) is 15.6. The molecule has 0 atom stereocenters. The number of para-hydroxylation sites is 1. The van der Waals surface area contributed by atoms with E-state index in [-0.39, 0.29) is 5.91 Å². The smallest absolute Gasteiger partial charge is 0.226 e. The number of rotatable bonds is 8. The minimum absolute atomic E-state index is 0.0566. The fourth-order valence-corrected chi connectivity index (χ4v) is 3.38. The Labute approximate surface area is 175 Å². The zero-order valence-electron chi connectivity index (χ0n) is 16.9. The van der Waals surface area contributed by atoms with Gasteiger partial charge in [-0.05, 0) is 61.0 Å². The summed E-state index contributed by atoms with van der Waals surface area (Å²) in [6.07, 6.45) is 0.296. The van der Waals surface area contributed by atoms with E-state index in [9.17, 15) is 4.79 Å². The molecule has 29 heavy (non-hydrogen) atoms. The number of amides is 1. The fourth-order valence-electron chi connectivity index (χ4n) is 3.15. The molecule has 0 unspecified atom stereocenters. The van der Waals surface area contributed by atoms with Crippen LogP contribution in [0.1, 0.15) is 38.7 Å². The first-order valence-corrected chi connectivity index (χ1v) is 10.2. The van der Waals surface area contributed by atoms with E-state index in [1.165, 1.54) is 0 Å². The third-order valence-corrected chi connectivity index (χ3v) is 4.91. The average Bonchev–Trinajstić information content (AvgIpc) is 3.08. The van der Waals surface area contributed by atoms with Crippen molar-refractivity contribution in [3.63, 3.8) is 0 Å². The van der Waals surface area contributed by atoms with E-state index in [1.807, 2.05) is 60.0 Å². The number of hydrogen-bond donors (Lipinski definition) is 2. The number of anilines is 1. The van der Waals surface area contributed by atoms with Crippen molar-refractivity contribution in [2.75, 3.05) is 11.9 Å². The maximum atomic E-state index is 12.6. The van der Waals surface area contributed by atoms with Crippen molar-refractivity contribution >= 4 is 23.8 Å². The van der Waals surface area contributed by atoms with E-state index < -0.39 is 0 Å². The highest BCUT2D eigenvalue weighted by Crippen LogP contribution is 2.24. The molecule has 3 rings (SSSR count).